The van der Waals surface area contributed by atoms with Gasteiger partial charge in [0.05, 0.1) is 31.3 Å². The molecule has 0 aliphatic carbocycles. The van der Waals surface area contributed by atoms with Gasteiger partial charge in [0.15, 0.2) is 0 Å². The van der Waals surface area contributed by atoms with E-state index in [0.717, 1.165) is 17.8 Å². The van der Waals surface area contributed by atoms with Crippen LogP contribution in [0.3, 0.4) is 0 Å². The predicted octanol–water partition coefficient (Wildman–Crippen LogP) is 2.28. The van der Waals surface area contributed by atoms with Gasteiger partial charge in [-0.3, -0.25) is 9.97 Å². The molecule has 0 fully saturated rings. The quantitative estimate of drug-likeness (QED) is 0.763. The summed E-state index contributed by atoms with van der Waals surface area (Å²) in [5.74, 6) is 0. The molecular weight excluding hydrogens is 238 g/mol. The number of rotatable bonds is 5. The number of pyridine rings is 1. The summed E-state index contributed by atoms with van der Waals surface area (Å²) in [6.07, 6.45) is 5.70. The van der Waals surface area contributed by atoms with E-state index < -0.39 is 0 Å². The van der Waals surface area contributed by atoms with E-state index in [2.05, 4.69) is 15.0 Å². The molecule has 5 heteroatoms. The lowest BCUT2D eigenvalue weighted by atomic mass is 10.3. The molecule has 2 rings (SSSR count). The van der Waals surface area contributed by atoms with Gasteiger partial charge in [-0.15, -0.1) is 0 Å². The fourth-order valence-electron chi connectivity index (χ4n) is 1.31. The van der Waals surface area contributed by atoms with E-state index in [-0.39, 0.29) is 0 Å². The van der Waals surface area contributed by atoms with Crippen molar-refractivity contribution in [2.45, 2.75) is 13.0 Å². The predicted molar refractivity (Wildman–Crippen MR) is 64.6 cm³/mol. The van der Waals surface area contributed by atoms with Gasteiger partial charge < -0.3 is 4.74 Å². The lowest BCUT2D eigenvalue weighted by Gasteiger charge is -2.03. The molecule has 2 heterocycles. The number of ether oxygens (including phenoxy) is 1. The summed E-state index contributed by atoms with van der Waals surface area (Å²) in [5, 5.41) is 0.391. The Morgan fingerprint density at radius 3 is 2.71 bits per heavy atom. The molecule has 0 saturated heterocycles. The molecular formula is C12H12ClN3O. The lowest BCUT2D eigenvalue weighted by molar-refractivity contribution is 0.120. The van der Waals surface area contributed by atoms with Crippen molar-refractivity contribution in [3.63, 3.8) is 0 Å². The van der Waals surface area contributed by atoms with E-state index in [9.17, 15) is 0 Å². The minimum Gasteiger partial charge on any atom is -0.375 e. The van der Waals surface area contributed by atoms with E-state index in [0.29, 0.717) is 18.4 Å². The summed E-state index contributed by atoms with van der Waals surface area (Å²) in [7, 11) is 0. The minimum atomic E-state index is 0.391. The van der Waals surface area contributed by atoms with Crippen molar-refractivity contribution in [3.8, 4) is 0 Å². The summed E-state index contributed by atoms with van der Waals surface area (Å²) >= 11 is 5.63. The Balaban J connectivity index is 1.71. The molecule has 0 atom stereocenters. The van der Waals surface area contributed by atoms with Crippen LogP contribution in [0, 0.1) is 0 Å². The third-order valence-electron chi connectivity index (χ3n) is 2.15. The lowest BCUT2D eigenvalue weighted by Crippen LogP contribution is -2.02. The van der Waals surface area contributed by atoms with E-state index in [4.69, 9.17) is 16.3 Å². The van der Waals surface area contributed by atoms with Gasteiger partial charge in [-0.25, -0.2) is 4.98 Å². The molecule has 2 aromatic rings. The highest BCUT2D eigenvalue weighted by atomic mass is 35.5. The van der Waals surface area contributed by atoms with Gasteiger partial charge in [0.1, 0.15) is 5.15 Å². The Bertz CT molecular complexity index is 447. The zero-order chi connectivity index (χ0) is 11.9. The second-order valence-corrected chi connectivity index (χ2v) is 3.84. The molecule has 2 aromatic heterocycles. The Morgan fingerprint density at radius 1 is 1.06 bits per heavy atom. The van der Waals surface area contributed by atoms with Crippen LogP contribution < -0.4 is 0 Å². The SMILES string of the molecule is Clc1cnc(COCCc2ccccn2)cn1. The van der Waals surface area contributed by atoms with E-state index in [1.165, 1.54) is 6.20 Å². The van der Waals surface area contributed by atoms with Crippen LogP contribution in [0.4, 0.5) is 0 Å². The average Bonchev–Trinajstić information content (AvgIpc) is 2.38. The maximum Gasteiger partial charge on any atom is 0.147 e. The molecule has 0 aliphatic rings. The molecule has 0 aromatic carbocycles. The van der Waals surface area contributed by atoms with Gasteiger partial charge in [-0.2, -0.15) is 0 Å². The van der Waals surface area contributed by atoms with Gasteiger partial charge in [-0.1, -0.05) is 17.7 Å². The molecule has 0 bridgehead atoms. The van der Waals surface area contributed by atoms with Crippen molar-refractivity contribution in [2.24, 2.45) is 0 Å². The van der Waals surface area contributed by atoms with E-state index >= 15 is 0 Å². The Kier molecular flexibility index (Phi) is 4.41. The summed E-state index contributed by atoms with van der Waals surface area (Å²) in [6, 6.07) is 5.84. The second-order valence-electron chi connectivity index (χ2n) is 3.45. The smallest absolute Gasteiger partial charge is 0.147 e. The second kappa shape index (κ2) is 6.27. The van der Waals surface area contributed by atoms with Crippen LogP contribution in [0.5, 0.6) is 0 Å². The number of halogens is 1. The minimum absolute atomic E-state index is 0.391. The van der Waals surface area contributed by atoms with Crippen LogP contribution in [-0.2, 0) is 17.8 Å². The summed E-state index contributed by atoms with van der Waals surface area (Å²) in [6.45, 7) is 1.05. The van der Waals surface area contributed by atoms with Crippen molar-refractivity contribution in [1.82, 2.24) is 15.0 Å². The zero-order valence-corrected chi connectivity index (χ0v) is 9.97. The molecule has 0 unspecified atom stereocenters. The number of hydrogen-bond donors (Lipinski definition) is 0. The molecule has 0 amide bonds. The van der Waals surface area contributed by atoms with Gasteiger partial charge in [-0.05, 0) is 12.1 Å². The number of hydrogen-bond acceptors (Lipinski definition) is 4. The van der Waals surface area contributed by atoms with Crippen LogP contribution in [0.1, 0.15) is 11.4 Å². The summed E-state index contributed by atoms with van der Waals surface area (Å²) in [4.78, 5) is 12.2. The van der Waals surface area contributed by atoms with Gasteiger partial charge in [0.2, 0.25) is 0 Å². The first-order valence-corrected chi connectivity index (χ1v) is 5.66. The average molecular weight is 250 g/mol. The van der Waals surface area contributed by atoms with Crippen LogP contribution in [0.2, 0.25) is 5.15 Å². The highest BCUT2D eigenvalue weighted by Gasteiger charge is 1.97. The largest absolute Gasteiger partial charge is 0.375 e. The first-order valence-electron chi connectivity index (χ1n) is 5.28. The van der Waals surface area contributed by atoms with Crippen LogP contribution in [-0.4, -0.2) is 21.6 Å². The highest BCUT2D eigenvalue weighted by Crippen LogP contribution is 2.03. The van der Waals surface area contributed by atoms with E-state index in [1.807, 2.05) is 18.2 Å². The van der Waals surface area contributed by atoms with Crippen molar-refractivity contribution in [1.29, 1.82) is 0 Å². The molecule has 0 saturated carbocycles. The molecule has 4 nitrogen and oxygen atoms in total. The summed E-state index contributed by atoms with van der Waals surface area (Å²) in [5.41, 5.74) is 1.80. The Labute approximate surface area is 105 Å². The molecule has 0 N–H and O–H groups in total. The third kappa shape index (κ3) is 4.09. The number of nitrogens with zero attached hydrogens (tertiary/aromatic N) is 3. The summed E-state index contributed by atoms with van der Waals surface area (Å²) < 4.78 is 5.48. The van der Waals surface area contributed by atoms with Crippen molar-refractivity contribution < 1.29 is 4.74 Å². The fraction of sp³-hybridized carbons (Fsp3) is 0.250. The van der Waals surface area contributed by atoms with Gasteiger partial charge in [0.25, 0.3) is 0 Å². The molecule has 0 aliphatic heterocycles. The first kappa shape index (κ1) is 12.0. The van der Waals surface area contributed by atoms with Gasteiger partial charge >= 0.3 is 0 Å². The van der Waals surface area contributed by atoms with Crippen LogP contribution in [0.25, 0.3) is 0 Å². The molecule has 0 spiro atoms. The van der Waals surface area contributed by atoms with Crippen molar-refractivity contribution >= 4 is 11.6 Å². The van der Waals surface area contributed by atoms with Crippen molar-refractivity contribution in [2.75, 3.05) is 6.61 Å². The highest BCUT2D eigenvalue weighted by molar-refractivity contribution is 6.29. The van der Waals surface area contributed by atoms with Crippen LogP contribution >= 0.6 is 11.6 Å². The van der Waals surface area contributed by atoms with E-state index in [1.54, 1.807) is 12.4 Å². The maximum atomic E-state index is 5.63. The molecule has 0 radical (unpaired) electrons. The topological polar surface area (TPSA) is 47.9 Å². The third-order valence-corrected chi connectivity index (χ3v) is 2.35. The number of aromatic nitrogens is 3. The fourth-order valence-corrected chi connectivity index (χ4v) is 1.41. The van der Waals surface area contributed by atoms with Crippen molar-refractivity contribution in [3.05, 3.63) is 53.3 Å². The normalized spacial score (nSPS) is 10.4. The monoisotopic (exact) mass is 249 g/mol. The Morgan fingerprint density at radius 2 is 2.00 bits per heavy atom. The molecule has 88 valence electrons. The zero-order valence-electron chi connectivity index (χ0n) is 9.21. The Hall–Kier alpha value is -1.52. The standard InChI is InChI=1S/C12H12ClN3O/c13-12-8-15-11(7-16-12)9-17-6-4-10-3-1-2-5-14-10/h1-3,5,7-8H,4,6,9H2. The van der Waals surface area contributed by atoms with Gasteiger partial charge in [0, 0.05) is 18.3 Å². The molecule has 17 heavy (non-hydrogen) atoms. The maximum absolute atomic E-state index is 5.63. The first-order chi connectivity index (χ1) is 8.34. The van der Waals surface area contributed by atoms with Crippen LogP contribution in [0.15, 0.2) is 36.8 Å².